The molecule has 1 aliphatic rings. The van der Waals surface area contributed by atoms with Crippen LogP contribution in [0.2, 0.25) is 5.02 Å². The molecule has 156 valence electrons. The number of hydrogen-bond acceptors (Lipinski definition) is 5. The molecule has 0 unspecified atom stereocenters. The molecule has 0 spiro atoms. The second kappa shape index (κ2) is 9.29. The van der Waals surface area contributed by atoms with E-state index in [9.17, 15) is 9.59 Å². The van der Waals surface area contributed by atoms with Crippen molar-refractivity contribution in [3.8, 4) is 11.5 Å². The van der Waals surface area contributed by atoms with Crippen LogP contribution < -0.4 is 14.4 Å². The summed E-state index contributed by atoms with van der Waals surface area (Å²) in [5.41, 5.74) is 1.97. The topological polar surface area (TPSA) is 55.8 Å². The molecule has 31 heavy (non-hydrogen) atoms. The molecular formula is C24H18ClNO4S. The number of benzene rings is 3. The Labute approximate surface area is 189 Å². The van der Waals surface area contributed by atoms with Gasteiger partial charge in [0, 0.05) is 16.1 Å². The molecule has 0 bridgehead atoms. The summed E-state index contributed by atoms with van der Waals surface area (Å²) in [6.07, 6.45) is 1.67. The Hall–Kier alpha value is -3.22. The Bertz CT molecular complexity index is 1180. The molecule has 0 aliphatic carbocycles. The highest BCUT2D eigenvalue weighted by Crippen LogP contribution is 2.40. The summed E-state index contributed by atoms with van der Waals surface area (Å²) in [5, 5.41) is 0.244. The lowest BCUT2D eigenvalue weighted by Gasteiger charge is -2.15. The van der Waals surface area contributed by atoms with Crippen LogP contribution in [0.4, 0.5) is 10.5 Å². The predicted molar refractivity (Wildman–Crippen MR) is 124 cm³/mol. The van der Waals surface area contributed by atoms with E-state index in [1.165, 1.54) is 7.11 Å². The third-order valence-electron chi connectivity index (χ3n) is 4.67. The Kier molecular flexibility index (Phi) is 6.30. The van der Waals surface area contributed by atoms with E-state index in [0.29, 0.717) is 32.7 Å². The van der Waals surface area contributed by atoms with Crippen LogP contribution in [-0.4, -0.2) is 18.3 Å². The highest BCUT2D eigenvalue weighted by atomic mass is 35.5. The third kappa shape index (κ3) is 4.45. The Balaban J connectivity index is 1.60. The van der Waals surface area contributed by atoms with Gasteiger partial charge in [-0.15, -0.1) is 0 Å². The first-order valence-corrected chi connectivity index (χ1v) is 10.6. The number of carbonyl (C=O) groups excluding carboxylic acids is 2. The smallest absolute Gasteiger partial charge is 0.298 e. The lowest BCUT2D eigenvalue weighted by molar-refractivity contribution is -0.113. The first-order valence-electron chi connectivity index (χ1n) is 9.44. The maximum absolute atomic E-state index is 13.0. The van der Waals surface area contributed by atoms with Crippen LogP contribution >= 0.6 is 23.4 Å². The Morgan fingerprint density at radius 1 is 0.935 bits per heavy atom. The number of nitrogens with zero attached hydrogens (tertiary/aromatic N) is 1. The molecule has 0 saturated carbocycles. The van der Waals surface area contributed by atoms with E-state index >= 15 is 0 Å². The van der Waals surface area contributed by atoms with E-state index in [1.807, 2.05) is 42.5 Å². The average Bonchev–Trinajstić information content (AvgIpc) is 3.06. The zero-order valence-corrected chi connectivity index (χ0v) is 18.2. The Morgan fingerprint density at radius 2 is 1.61 bits per heavy atom. The second-order valence-electron chi connectivity index (χ2n) is 6.61. The summed E-state index contributed by atoms with van der Waals surface area (Å²) < 4.78 is 11.3. The van der Waals surface area contributed by atoms with Crippen LogP contribution in [-0.2, 0) is 11.4 Å². The van der Waals surface area contributed by atoms with Crippen LogP contribution in [0.3, 0.4) is 0 Å². The van der Waals surface area contributed by atoms with E-state index in [4.69, 9.17) is 21.1 Å². The monoisotopic (exact) mass is 451 g/mol. The largest absolute Gasteiger partial charge is 0.495 e. The summed E-state index contributed by atoms with van der Waals surface area (Å²) >= 11 is 7.09. The van der Waals surface area contributed by atoms with E-state index in [2.05, 4.69) is 0 Å². The molecule has 7 heteroatoms. The number of carbonyl (C=O) groups is 2. The minimum Gasteiger partial charge on any atom is -0.495 e. The summed E-state index contributed by atoms with van der Waals surface area (Å²) in [4.78, 5) is 27.1. The number of para-hydroxylation sites is 3. The van der Waals surface area contributed by atoms with Gasteiger partial charge in [0.25, 0.3) is 11.1 Å². The highest BCUT2D eigenvalue weighted by Gasteiger charge is 2.37. The van der Waals surface area contributed by atoms with Gasteiger partial charge in [0.1, 0.15) is 18.1 Å². The number of amides is 2. The highest BCUT2D eigenvalue weighted by molar-refractivity contribution is 8.19. The van der Waals surface area contributed by atoms with E-state index in [0.717, 1.165) is 22.2 Å². The third-order valence-corrected chi connectivity index (χ3v) is 5.90. The second-order valence-corrected chi connectivity index (χ2v) is 8.01. The number of imide groups is 1. The van der Waals surface area contributed by atoms with Crippen molar-refractivity contribution in [1.82, 2.24) is 0 Å². The molecule has 0 atom stereocenters. The van der Waals surface area contributed by atoms with Crippen molar-refractivity contribution in [3.05, 3.63) is 93.9 Å². The number of thioether (sulfide) groups is 1. The van der Waals surface area contributed by atoms with Gasteiger partial charge in [-0.3, -0.25) is 9.59 Å². The SMILES string of the molecule is COc1ccccc1N1C(=O)S/C(=C\c2ccccc2OCc2ccccc2Cl)C1=O. The lowest BCUT2D eigenvalue weighted by atomic mass is 10.1. The van der Waals surface area contributed by atoms with Crippen LogP contribution in [0.5, 0.6) is 11.5 Å². The molecule has 1 heterocycles. The molecule has 3 aromatic carbocycles. The average molecular weight is 452 g/mol. The van der Waals surface area contributed by atoms with Crippen molar-refractivity contribution in [2.75, 3.05) is 12.0 Å². The molecular weight excluding hydrogens is 434 g/mol. The van der Waals surface area contributed by atoms with Crippen LogP contribution in [0.1, 0.15) is 11.1 Å². The molecule has 1 saturated heterocycles. The number of rotatable bonds is 6. The normalized spacial score (nSPS) is 14.9. The van der Waals surface area contributed by atoms with Crippen molar-refractivity contribution in [1.29, 1.82) is 0 Å². The molecule has 3 aromatic rings. The van der Waals surface area contributed by atoms with Gasteiger partial charge < -0.3 is 9.47 Å². The molecule has 0 radical (unpaired) electrons. The van der Waals surface area contributed by atoms with E-state index in [-0.39, 0.29) is 11.8 Å². The standard InChI is InChI=1S/C24H18ClNO4S/c1-29-21-13-7-5-11-19(21)26-23(27)22(31-24(26)28)14-16-8-3-6-12-20(16)30-15-17-9-2-4-10-18(17)25/h2-14H,15H2,1H3/b22-14-. The number of methoxy groups -OCH3 is 1. The molecule has 1 aliphatic heterocycles. The van der Waals surface area contributed by atoms with Gasteiger partial charge in [-0.05, 0) is 42.1 Å². The molecule has 5 nitrogen and oxygen atoms in total. The number of anilines is 1. The van der Waals surface area contributed by atoms with Gasteiger partial charge in [-0.2, -0.15) is 0 Å². The van der Waals surface area contributed by atoms with Gasteiger partial charge in [-0.25, -0.2) is 4.90 Å². The van der Waals surface area contributed by atoms with Gasteiger partial charge in [0.15, 0.2) is 0 Å². The fourth-order valence-electron chi connectivity index (χ4n) is 3.13. The number of ether oxygens (including phenoxy) is 2. The fraction of sp³-hybridized carbons (Fsp3) is 0.0833. The van der Waals surface area contributed by atoms with Crippen molar-refractivity contribution in [2.24, 2.45) is 0 Å². The number of halogens is 1. The fourth-order valence-corrected chi connectivity index (χ4v) is 4.15. The van der Waals surface area contributed by atoms with Crippen LogP contribution in [0.25, 0.3) is 6.08 Å². The van der Waals surface area contributed by atoms with Crippen molar-refractivity contribution in [3.63, 3.8) is 0 Å². The van der Waals surface area contributed by atoms with Gasteiger partial charge in [0.2, 0.25) is 0 Å². The molecule has 2 amide bonds. The summed E-state index contributed by atoms with van der Waals surface area (Å²) in [6, 6.07) is 21.7. The Morgan fingerprint density at radius 3 is 2.39 bits per heavy atom. The van der Waals surface area contributed by atoms with Crippen molar-refractivity contribution >= 4 is 46.3 Å². The maximum atomic E-state index is 13.0. The molecule has 0 aromatic heterocycles. The van der Waals surface area contributed by atoms with Gasteiger partial charge in [-0.1, -0.05) is 60.1 Å². The first kappa shape index (κ1) is 21.0. The molecule has 0 N–H and O–H groups in total. The van der Waals surface area contributed by atoms with E-state index in [1.54, 1.807) is 36.4 Å². The number of hydrogen-bond donors (Lipinski definition) is 0. The lowest BCUT2D eigenvalue weighted by Crippen LogP contribution is -2.28. The summed E-state index contributed by atoms with van der Waals surface area (Å²) in [6.45, 7) is 0.285. The minimum absolute atomic E-state index is 0.285. The van der Waals surface area contributed by atoms with Crippen LogP contribution in [0.15, 0.2) is 77.7 Å². The van der Waals surface area contributed by atoms with E-state index < -0.39 is 5.91 Å². The van der Waals surface area contributed by atoms with Crippen molar-refractivity contribution in [2.45, 2.75) is 6.61 Å². The van der Waals surface area contributed by atoms with Crippen LogP contribution in [0, 0.1) is 0 Å². The quantitative estimate of drug-likeness (QED) is 0.419. The maximum Gasteiger partial charge on any atom is 0.298 e. The first-order chi connectivity index (χ1) is 15.1. The molecule has 4 rings (SSSR count). The summed E-state index contributed by atoms with van der Waals surface area (Å²) in [5.74, 6) is 0.640. The zero-order valence-electron chi connectivity index (χ0n) is 16.6. The minimum atomic E-state index is -0.402. The van der Waals surface area contributed by atoms with Gasteiger partial charge in [0.05, 0.1) is 17.7 Å². The van der Waals surface area contributed by atoms with Gasteiger partial charge >= 0.3 is 0 Å². The predicted octanol–water partition coefficient (Wildman–Crippen LogP) is 6.17. The van der Waals surface area contributed by atoms with Crippen molar-refractivity contribution < 1.29 is 19.1 Å². The summed E-state index contributed by atoms with van der Waals surface area (Å²) in [7, 11) is 1.50. The molecule has 1 fully saturated rings. The zero-order chi connectivity index (χ0) is 21.8.